The first kappa shape index (κ1) is 9.25. The summed E-state index contributed by atoms with van der Waals surface area (Å²) in [5, 5.41) is 2.91. The molecule has 1 aromatic rings. The zero-order valence-electron chi connectivity index (χ0n) is 8.20. The second-order valence-electron chi connectivity index (χ2n) is 3.80. The molecule has 1 atom stereocenters. The van der Waals surface area contributed by atoms with Crippen LogP contribution in [0.3, 0.4) is 0 Å². The average Bonchev–Trinajstić information content (AvgIpc) is 2.44. The van der Waals surface area contributed by atoms with Crippen molar-refractivity contribution in [1.82, 2.24) is 5.32 Å². The maximum absolute atomic E-state index is 11.4. The van der Waals surface area contributed by atoms with E-state index in [1.165, 1.54) is 5.56 Å². The van der Waals surface area contributed by atoms with E-state index >= 15 is 0 Å². The van der Waals surface area contributed by atoms with Gasteiger partial charge in [0, 0.05) is 13.0 Å². The maximum atomic E-state index is 11.4. The van der Waals surface area contributed by atoms with E-state index in [-0.39, 0.29) is 5.91 Å². The lowest BCUT2D eigenvalue weighted by Crippen LogP contribution is -2.22. The van der Waals surface area contributed by atoms with Crippen LogP contribution in [0.1, 0.15) is 30.7 Å². The van der Waals surface area contributed by atoms with E-state index in [0.29, 0.717) is 12.3 Å². The number of carbonyl (C=O) groups is 1. The zero-order valence-corrected chi connectivity index (χ0v) is 8.20. The summed E-state index contributed by atoms with van der Waals surface area (Å²) in [6, 6.07) is 10.3. The van der Waals surface area contributed by atoms with Crippen LogP contribution in [0, 0.1) is 0 Å². The molecule has 1 aliphatic heterocycles. The largest absolute Gasteiger partial charge is 0.356 e. The first-order valence-electron chi connectivity index (χ1n) is 5.18. The summed E-state index contributed by atoms with van der Waals surface area (Å²) >= 11 is 0. The zero-order chi connectivity index (χ0) is 9.80. The summed E-state index contributed by atoms with van der Waals surface area (Å²) in [7, 11) is 0. The summed E-state index contributed by atoms with van der Waals surface area (Å²) in [5.41, 5.74) is 1.30. The molecule has 1 amide bonds. The summed E-state index contributed by atoms with van der Waals surface area (Å²) in [6.07, 6.45) is 2.85. The third-order valence-electron chi connectivity index (χ3n) is 2.75. The Labute approximate surface area is 84.3 Å². The number of carbonyl (C=O) groups excluding carboxylic acids is 1. The van der Waals surface area contributed by atoms with E-state index in [4.69, 9.17) is 0 Å². The predicted molar refractivity (Wildman–Crippen MR) is 56.0 cm³/mol. The van der Waals surface area contributed by atoms with Crippen LogP contribution < -0.4 is 5.32 Å². The lowest BCUT2D eigenvalue weighted by molar-refractivity contribution is -0.121. The van der Waals surface area contributed by atoms with E-state index in [0.717, 1.165) is 19.4 Å². The molecule has 0 spiro atoms. The Morgan fingerprint density at radius 1 is 1.21 bits per heavy atom. The smallest absolute Gasteiger partial charge is 0.220 e. The molecule has 2 rings (SSSR count). The number of benzene rings is 1. The van der Waals surface area contributed by atoms with E-state index in [9.17, 15) is 4.79 Å². The van der Waals surface area contributed by atoms with Gasteiger partial charge >= 0.3 is 0 Å². The average molecular weight is 189 g/mol. The van der Waals surface area contributed by atoms with Crippen molar-refractivity contribution in [1.29, 1.82) is 0 Å². The second-order valence-corrected chi connectivity index (χ2v) is 3.80. The highest BCUT2D eigenvalue weighted by molar-refractivity contribution is 5.77. The fourth-order valence-electron chi connectivity index (χ4n) is 1.98. The van der Waals surface area contributed by atoms with Gasteiger partial charge in [0.05, 0.1) is 0 Å². The number of rotatable bonds is 1. The van der Waals surface area contributed by atoms with Crippen molar-refractivity contribution in [3.8, 4) is 0 Å². The number of hydrogen-bond donors (Lipinski definition) is 1. The molecule has 1 N–H and O–H groups in total. The molecule has 0 aromatic heterocycles. The van der Waals surface area contributed by atoms with Crippen LogP contribution in [0.15, 0.2) is 30.3 Å². The van der Waals surface area contributed by atoms with Gasteiger partial charge in [-0.3, -0.25) is 4.79 Å². The molecule has 0 saturated carbocycles. The Morgan fingerprint density at radius 2 is 2.00 bits per heavy atom. The van der Waals surface area contributed by atoms with Gasteiger partial charge in [-0.25, -0.2) is 0 Å². The van der Waals surface area contributed by atoms with Crippen LogP contribution >= 0.6 is 0 Å². The van der Waals surface area contributed by atoms with Gasteiger partial charge in [-0.15, -0.1) is 0 Å². The molecule has 1 aromatic carbocycles. The number of nitrogens with one attached hydrogen (secondary N) is 1. The Balaban J connectivity index is 2.13. The molecule has 2 nitrogen and oxygen atoms in total. The summed E-state index contributed by atoms with van der Waals surface area (Å²) in [5.74, 6) is 0.607. The minimum atomic E-state index is 0.191. The highest BCUT2D eigenvalue weighted by Crippen LogP contribution is 2.25. The quantitative estimate of drug-likeness (QED) is 0.720. The van der Waals surface area contributed by atoms with Crippen molar-refractivity contribution in [2.75, 3.05) is 6.54 Å². The van der Waals surface area contributed by atoms with Gasteiger partial charge in [0.15, 0.2) is 0 Å². The predicted octanol–water partition coefficient (Wildman–Crippen LogP) is 2.07. The van der Waals surface area contributed by atoms with Crippen LogP contribution in [0.5, 0.6) is 0 Å². The summed E-state index contributed by atoms with van der Waals surface area (Å²) in [4.78, 5) is 11.4. The SMILES string of the molecule is O=C1CC(c2ccccc2)CCCN1. The van der Waals surface area contributed by atoms with Gasteiger partial charge < -0.3 is 5.32 Å². The molecule has 0 aliphatic carbocycles. The molecule has 1 aliphatic rings. The molecule has 1 fully saturated rings. The molecule has 14 heavy (non-hydrogen) atoms. The topological polar surface area (TPSA) is 29.1 Å². The molecule has 2 heteroatoms. The van der Waals surface area contributed by atoms with Gasteiger partial charge in [-0.05, 0) is 24.3 Å². The summed E-state index contributed by atoms with van der Waals surface area (Å²) in [6.45, 7) is 0.835. The molecule has 0 radical (unpaired) electrons. The molecule has 0 bridgehead atoms. The van der Waals surface area contributed by atoms with Crippen LogP contribution in [-0.4, -0.2) is 12.5 Å². The molecule has 1 unspecified atom stereocenters. The molecule has 1 saturated heterocycles. The molecule has 74 valence electrons. The fraction of sp³-hybridized carbons (Fsp3) is 0.417. The maximum Gasteiger partial charge on any atom is 0.220 e. The highest BCUT2D eigenvalue weighted by Gasteiger charge is 2.18. The van der Waals surface area contributed by atoms with E-state index in [1.54, 1.807) is 0 Å². The monoisotopic (exact) mass is 189 g/mol. The van der Waals surface area contributed by atoms with E-state index in [1.807, 2.05) is 18.2 Å². The lowest BCUT2D eigenvalue weighted by atomic mass is 9.92. The van der Waals surface area contributed by atoms with Crippen molar-refractivity contribution in [3.63, 3.8) is 0 Å². The first-order chi connectivity index (χ1) is 6.86. The van der Waals surface area contributed by atoms with Gasteiger partial charge in [-0.1, -0.05) is 30.3 Å². The minimum absolute atomic E-state index is 0.191. The van der Waals surface area contributed by atoms with Crippen molar-refractivity contribution in [2.24, 2.45) is 0 Å². The molecular weight excluding hydrogens is 174 g/mol. The summed E-state index contributed by atoms with van der Waals surface area (Å²) < 4.78 is 0. The standard InChI is InChI=1S/C12H15NO/c14-12-9-11(7-4-8-13-12)10-5-2-1-3-6-10/h1-3,5-6,11H,4,7-9H2,(H,13,14). The second kappa shape index (κ2) is 4.27. The van der Waals surface area contributed by atoms with Gasteiger partial charge in [0.2, 0.25) is 5.91 Å². The van der Waals surface area contributed by atoms with Crippen molar-refractivity contribution in [3.05, 3.63) is 35.9 Å². The first-order valence-corrected chi connectivity index (χ1v) is 5.18. The van der Waals surface area contributed by atoms with Crippen molar-refractivity contribution in [2.45, 2.75) is 25.2 Å². The Hall–Kier alpha value is -1.31. The number of hydrogen-bond acceptors (Lipinski definition) is 1. The molecular formula is C12H15NO. The third-order valence-corrected chi connectivity index (χ3v) is 2.75. The van der Waals surface area contributed by atoms with Crippen LogP contribution in [0.4, 0.5) is 0 Å². The van der Waals surface area contributed by atoms with Gasteiger partial charge in [-0.2, -0.15) is 0 Å². The Kier molecular flexibility index (Phi) is 2.82. The third kappa shape index (κ3) is 2.13. The van der Waals surface area contributed by atoms with Gasteiger partial charge in [0.25, 0.3) is 0 Å². The van der Waals surface area contributed by atoms with Crippen LogP contribution in [0.25, 0.3) is 0 Å². The van der Waals surface area contributed by atoms with E-state index in [2.05, 4.69) is 17.4 Å². The van der Waals surface area contributed by atoms with E-state index < -0.39 is 0 Å². The van der Waals surface area contributed by atoms with Crippen molar-refractivity contribution < 1.29 is 4.79 Å². The lowest BCUT2D eigenvalue weighted by Gasteiger charge is -2.12. The molecule has 1 heterocycles. The van der Waals surface area contributed by atoms with Crippen molar-refractivity contribution >= 4 is 5.91 Å². The minimum Gasteiger partial charge on any atom is -0.356 e. The van der Waals surface area contributed by atoms with Gasteiger partial charge in [0.1, 0.15) is 0 Å². The van der Waals surface area contributed by atoms with Crippen LogP contribution in [0.2, 0.25) is 0 Å². The fourth-order valence-corrected chi connectivity index (χ4v) is 1.98. The Morgan fingerprint density at radius 3 is 2.79 bits per heavy atom. The Bertz CT molecular complexity index is 307. The van der Waals surface area contributed by atoms with Crippen LogP contribution in [-0.2, 0) is 4.79 Å². The highest BCUT2D eigenvalue weighted by atomic mass is 16.1. The number of amides is 1. The normalized spacial score (nSPS) is 22.6.